The molecule has 4 rings (SSSR count). The van der Waals surface area contributed by atoms with E-state index in [1.807, 2.05) is 37.3 Å². The fourth-order valence-electron chi connectivity index (χ4n) is 4.17. The molecule has 0 radical (unpaired) electrons. The zero-order valence-corrected chi connectivity index (χ0v) is 19.9. The van der Waals surface area contributed by atoms with Crippen molar-refractivity contribution in [2.75, 3.05) is 22.1 Å². The number of carbonyl (C=O) groups is 3. The second-order valence-corrected chi connectivity index (χ2v) is 8.54. The molecule has 186 valence electrons. The van der Waals surface area contributed by atoms with Crippen LogP contribution < -0.4 is 26.8 Å². The molecule has 0 spiro atoms. The summed E-state index contributed by atoms with van der Waals surface area (Å²) in [6, 6.07) is 15.2. The van der Waals surface area contributed by atoms with Gasteiger partial charge in [0, 0.05) is 24.9 Å². The summed E-state index contributed by atoms with van der Waals surface area (Å²) < 4.78 is 1.23. The first-order chi connectivity index (χ1) is 17.3. The SMILES string of the molecule is CCCCN(C(=O)c1ccc(N2C(=O)CCC2=O)cc1)c1c(N)n(Cc2ccccc2)c(=O)[nH]c1=O. The predicted octanol–water partition coefficient (Wildman–Crippen LogP) is 2.27. The van der Waals surface area contributed by atoms with Crippen LogP contribution in [0.3, 0.4) is 0 Å². The molecular weight excluding hydrogens is 462 g/mol. The number of H-pyrrole nitrogens is 1. The van der Waals surface area contributed by atoms with Crippen LogP contribution in [-0.4, -0.2) is 33.8 Å². The minimum atomic E-state index is -0.754. The van der Waals surface area contributed by atoms with Crippen molar-refractivity contribution in [2.45, 2.75) is 39.2 Å². The van der Waals surface area contributed by atoms with Gasteiger partial charge in [-0.3, -0.25) is 33.6 Å². The lowest BCUT2D eigenvalue weighted by Crippen LogP contribution is -2.41. The highest BCUT2D eigenvalue weighted by atomic mass is 16.2. The Morgan fingerprint density at radius 1 is 0.972 bits per heavy atom. The van der Waals surface area contributed by atoms with Gasteiger partial charge < -0.3 is 10.6 Å². The van der Waals surface area contributed by atoms with E-state index in [9.17, 15) is 24.0 Å². The summed E-state index contributed by atoms with van der Waals surface area (Å²) in [5, 5.41) is 0. The maximum Gasteiger partial charge on any atom is 0.330 e. The van der Waals surface area contributed by atoms with Gasteiger partial charge in [0.25, 0.3) is 11.5 Å². The third-order valence-electron chi connectivity index (χ3n) is 6.07. The maximum atomic E-state index is 13.6. The summed E-state index contributed by atoms with van der Waals surface area (Å²) in [5.41, 5.74) is 6.23. The smallest absolute Gasteiger partial charge is 0.330 e. The Hall–Kier alpha value is -4.47. The Morgan fingerprint density at radius 2 is 1.61 bits per heavy atom. The molecule has 1 saturated heterocycles. The van der Waals surface area contributed by atoms with E-state index in [4.69, 9.17) is 5.73 Å². The number of nitrogens with two attached hydrogens (primary N) is 1. The number of rotatable bonds is 8. The number of benzene rings is 2. The van der Waals surface area contributed by atoms with E-state index in [2.05, 4.69) is 4.98 Å². The number of nitrogens with one attached hydrogen (secondary N) is 1. The van der Waals surface area contributed by atoms with Crippen LogP contribution in [0.25, 0.3) is 0 Å². The fraction of sp³-hybridized carbons (Fsp3) is 0.269. The number of amides is 3. The van der Waals surface area contributed by atoms with Gasteiger partial charge in [0.05, 0.1) is 12.2 Å². The summed E-state index contributed by atoms with van der Waals surface area (Å²) in [4.78, 5) is 67.7. The number of carbonyl (C=O) groups excluding carboxylic acids is 3. The first-order valence-electron chi connectivity index (χ1n) is 11.8. The Labute approximate surface area is 207 Å². The van der Waals surface area contributed by atoms with Crippen LogP contribution >= 0.6 is 0 Å². The predicted molar refractivity (Wildman–Crippen MR) is 136 cm³/mol. The number of nitrogens with zero attached hydrogens (tertiary/aromatic N) is 3. The number of aromatic amines is 1. The first-order valence-corrected chi connectivity index (χ1v) is 11.8. The largest absolute Gasteiger partial charge is 0.383 e. The molecule has 2 aromatic carbocycles. The maximum absolute atomic E-state index is 13.6. The van der Waals surface area contributed by atoms with E-state index in [0.29, 0.717) is 12.1 Å². The van der Waals surface area contributed by atoms with Crippen LogP contribution in [0.4, 0.5) is 17.2 Å². The Bertz CT molecular complexity index is 1390. The molecular formula is C26H27N5O5. The van der Waals surface area contributed by atoms with Crippen molar-refractivity contribution in [1.82, 2.24) is 9.55 Å². The second-order valence-electron chi connectivity index (χ2n) is 8.54. The highest BCUT2D eigenvalue weighted by molar-refractivity contribution is 6.20. The van der Waals surface area contributed by atoms with Crippen LogP contribution in [0.1, 0.15) is 48.5 Å². The standard InChI is InChI=1S/C26H27N5O5/c1-2-3-15-29(25(35)18-9-11-19(12-10-18)31-20(32)13-14-21(31)33)22-23(27)30(26(36)28-24(22)34)16-17-7-5-4-6-8-17/h4-12H,2-3,13-16,27H2,1H3,(H,28,34,36). The number of nitrogen functional groups attached to an aromatic ring is 1. The third kappa shape index (κ3) is 4.83. The lowest BCUT2D eigenvalue weighted by Gasteiger charge is -2.25. The van der Waals surface area contributed by atoms with Crippen molar-refractivity contribution in [3.8, 4) is 0 Å². The highest BCUT2D eigenvalue weighted by Crippen LogP contribution is 2.25. The molecule has 0 aliphatic carbocycles. The number of anilines is 3. The number of unbranched alkanes of at least 4 members (excludes halogenated alkanes) is 1. The Morgan fingerprint density at radius 3 is 2.22 bits per heavy atom. The molecule has 36 heavy (non-hydrogen) atoms. The topological polar surface area (TPSA) is 139 Å². The van der Waals surface area contributed by atoms with Crippen molar-refractivity contribution in [2.24, 2.45) is 0 Å². The molecule has 0 saturated carbocycles. The normalized spacial score (nSPS) is 13.3. The number of aromatic nitrogens is 2. The van der Waals surface area contributed by atoms with E-state index in [-0.39, 0.29) is 54.8 Å². The van der Waals surface area contributed by atoms with Crippen LogP contribution in [0.15, 0.2) is 64.2 Å². The molecule has 1 aromatic heterocycles. The van der Waals surface area contributed by atoms with Gasteiger partial charge in [-0.1, -0.05) is 43.7 Å². The van der Waals surface area contributed by atoms with Crippen molar-refractivity contribution < 1.29 is 14.4 Å². The Kier molecular flexibility index (Phi) is 7.14. The van der Waals surface area contributed by atoms with Crippen molar-refractivity contribution in [1.29, 1.82) is 0 Å². The number of hydrogen-bond donors (Lipinski definition) is 2. The molecule has 0 atom stereocenters. The molecule has 1 aliphatic rings. The molecule has 1 fully saturated rings. The van der Waals surface area contributed by atoms with Gasteiger partial charge in [0.1, 0.15) is 5.82 Å². The number of hydrogen-bond acceptors (Lipinski definition) is 6. The summed E-state index contributed by atoms with van der Waals surface area (Å²) in [5.74, 6) is -1.18. The molecule has 10 nitrogen and oxygen atoms in total. The van der Waals surface area contributed by atoms with Crippen molar-refractivity contribution in [3.05, 3.63) is 86.6 Å². The highest BCUT2D eigenvalue weighted by Gasteiger charge is 2.31. The van der Waals surface area contributed by atoms with Crippen molar-refractivity contribution in [3.63, 3.8) is 0 Å². The van der Waals surface area contributed by atoms with Crippen LogP contribution in [0.5, 0.6) is 0 Å². The van der Waals surface area contributed by atoms with Gasteiger partial charge in [-0.05, 0) is 36.2 Å². The third-order valence-corrected chi connectivity index (χ3v) is 6.07. The molecule has 1 aliphatic heterocycles. The molecule has 3 N–H and O–H groups in total. The fourth-order valence-corrected chi connectivity index (χ4v) is 4.17. The average molecular weight is 490 g/mol. The molecule has 3 amide bonds. The van der Waals surface area contributed by atoms with E-state index >= 15 is 0 Å². The monoisotopic (exact) mass is 489 g/mol. The molecule has 10 heteroatoms. The van der Waals surface area contributed by atoms with E-state index in [1.54, 1.807) is 0 Å². The molecule has 2 heterocycles. The summed E-state index contributed by atoms with van der Waals surface area (Å²) in [6.07, 6.45) is 1.66. The summed E-state index contributed by atoms with van der Waals surface area (Å²) >= 11 is 0. The minimum absolute atomic E-state index is 0.0991. The van der Waals surface area contributed by atoms with Crippen LogP contribution in [0.2, 0.25) is 0 Å². The van der Waals surface area contributed by atoms with Crippen molar-refractivity contribution >= 4 is 34.9 Å². The molecule has 0 unspecified atom stereocenters. The summed E-state index contributed by atoms with van der Waals surface area (Å²) in [7, 11) is 0. The van der Waals surface area contributed by atoms with Gasteiger partial charge in [0.15, 0.2) is 5.69 Å². The lowest BCUT2D eigenvalue weighted by molar-refractivity contribution is -0.121. The summed E-state index contributed by atoms with van der Waals surface area (Å²) in [6.45, 7) is 2.28. The van der Waals surface area contributed by atoms with E-state index < -0.39 is 17.2 Å². The van der Waals surface area contributed by atoms with E-state index in [1.165, 1.54) is 33.7 Å². The zero-order chi connectivity index (χ0) is 25.8. The average Bonchev–Trinajstić information content (AvgIpc) is 3.21. The first kappa shape index (κ1) is 24.6. The Balaban J connectivity index is 1.71. The molecule has 3 aromatic rings. The quantitative estimate of drug-likeness (QED) is 0.466. The van der Waals surface area contributed by atoms with Gasteiger partial charge in [-0.25, -0.2) is 4.79 Å². The zero-order valence-electron chi connectivity index (χ0n) is 19.9. The number of imide groups is 1. The lowest BCUT2D eigenvalue weighted by atomic mass is 10.1. The van der Waals surface area contributed by atoms with Gasteiger partial charge in [-0.15, -0.1) is 0 Å². The van der Waals surface area contributed by atoms with Crippen LogP contribution in [-0.2, 0) is 16.1 Å². The van der Waals surface area contributed by atoms with Gasteiger partial charge >= 0.3 is 5.69 Å². The molecule has 0 bridgehead atoms. The second kappa shape index (κ2) is 10.4. The van der Waals surface area contributed by atoms with Crippen LogP contribution in [0, 0.1) is 0 Å². The van der Waals surface area contributed by atoms with Gasteiger partial charge in [0.2, 0.25) is 11.8 Å². The van der Waals surface area contributed by atoms with E-state index in [0.717, 1.165) is 16.9 Å². The minimum Gasteiger partial charge on any atom is -0.383 e. The van der Waals surface area contributed by atoms with Gasteiger partial charge in [-0.2, -0.15) is 0 Å².